The first-order chi connectivity index (χ1) is 13.2. The van der Waals surface area contributed by atoms with Gasteiger partial charge in [0.25, 0.3) is 0 Å². The molecule has 1 N–H and O–H groups in total. The van der Waals surface area contributed by atoms with E-state index in [1.54, 1.807) is 6.08 Å². The number of aryl methyl sites for hydroxylation is 1. The second-order valence-electron chi connectivity index (χ2n) is 6.12. The Kier molecular flexibility index (Phi) is 4.89. The summed E-state index contributed by atoms with van der Waals surface area (Å²) >= 11 is 6.16. The van der Waals surface area contributed by atoms with E-state index in [2.05, 4.69) is 19.9 Å². The van der Waals surface area contributed by atoms with Crippen LogP contribution in [0.2, 0.25) is 5.15 Å². The molecule has 0 spiro atoms. The van der Waals surface area contributed by atoms with Crippen LogP contribution in [-0.2, 0) is 11.3 Å². The summed E-state index contributed by atoms with van der Waals surface area (Å²) in [6.07, 6.45) is 7.67. The molecule has 0 saturated carbocycles. The zero-order valence-corrected chi connectivity index (χ0v) is 15.3. The van der Waals surface area contributed by atoms with Gasteiger partial charge in [-0.05, 0) is 36.8 Å². The van der Waals surface area contributed by atoms with E-state index >= 15 is 0 Å². The number of benzene rings is 1. The second-order valence-corrected chi connectivity index (χ2v) is 6.48. The number of rotatable bonds is 6. The van der Waals surface area contributed by atoms with Gasteiger partial charge in [0.2, 0.25) is 5.91 Å². The summed E-state index contributed by atoms with van der Waals surface area (Å²) < 4.78 is 3.94. The molecule has 0 fully saturated rings. The summed E-state index contributed by atoms with van der Waals surface area (Å²) in [4.78, 5) is 20.7. The van der Waals surface area contributed by atoms with Gasteiger partial charge in [-0.3, -0.25) is 9.20 Å². The molecule has 0 aliphatic heterocycles. The average molecular weight is 380 g/mol. The molecule has 136 valence electrons. The Morgan fingerprint density at radius 3 is 2.96 bits per heavy atom. The van der Waals surface area contributed by atoms with Crippen LogP contribution in [-0.4, -0.2) is 31.4 Å². The molecule has 27 heavy (non-hydrogen) atoms. The number of hydrogen-bond acceptors (Lipinski definition) is 3. The van der Waals surface area contributed by atoms with E-state index in [-0.39, 0.29) is 5.91 Å². The molecule has 4 aromatic rings. The van der Waals surface area contributed by atoms with Gasteiger partial charge >= 0.3 is 0 Å². The number of halogens is 1. The molecular weight excluding hydrogens is 362 g/mol. The maximum absolute atomic E-state index is 12.1. The van der Waals surface area contributed by atoms with E-state index in [4.69, 9.17) is 11.6 Å². The second kappa shape index (κ2) is 7.63. The summed E-state index contributed by atoms with van der Waals surface area (Å²) in [5, 5.41) is 3.26. The van der Waals surface area contributed by atoms with Gasteiger partial charge in [0.05, 0.1) is 23.1 Å². The molecule has 1 amide bonds. The van der Waals surface area contributed by atoms with Crippen LogP contribution in [0.15, 0.2) is 61.1 Å². The highest BCUT2D eigenvalue weighted by Gasteiger charge is 2.07. The lowest BCUT2D eigenvalue weighted by molar-refractivity contribution is -0.116. The van der Waals surface area contributed by atoms with Crippen molar-refractivity contribution in [2.24, 2.45) is 0 Å². The van der Waals surface area contributed by atoms with Crippen molar-refractivity contribution < 1.29 is 4.79 Å². The average Bonchev–Trinajstić information content (AvgIpc) is 3.24. The first kappa shape index (κ1) is 17.3. The molecule has 7 heteroatoms. The molecular formula is C20H18ClN5O. The van der Waals surface area contributed by atoms with Crippen LogP contribution in [0.1, 0.15) is 12.1 Å². The number of nitrogens with zero attached hydrogens (tertiary/aromatic N) is 4. The van der Waals surface area contributed by atoms with Gasteiger partial charge in [-0.1, -0.05) is 29.8 Å². The number of para-hydroxylation sites is 2. The van der Waals surface area contributed by atoms with Crippen molar-refractivity contribution in [3.05, 3.63) is 71.9 Å². The number of carbonyl (C=O) groups excluding carboxylic acids is 1. The molecule has 4 rings (SSSR count). The third kappa shape index (κ3) is 3.71. The fourth-order valence-electron chi connectivity index (χ4n) is 3.00. The van der Waals surface area contributed by atoms with Crippen molar-refractivity contribution in [2.75, 3.05) is 6.54 Å². The zero-order chi connectivity index (χ0) is 18.6. The van der Waals surface area contributed by atoms with Crippen LogP contribution < -0.4 is 5.32 Å². The first-order valence-corrected chi connectivity index (χ1v) is 9.08. The van der Waals surface area contributed by atoms with E-state index in [1.807, 2.05) is 59.4 Å². The summed E-state index contributed by atoms with van der Waals surface area (Å²) in [7, 11) is 0. The summed E-state index contributed by atoms with van der Waals surface area (Å²) in [6, 6.07) is 13.7. The van der Waals surface area contributed by atoms with Gasteiger partial charge in [-0.25, -0.2) is 9.97 Å². The Bertz CT molecular complexity index is 1130. The van der Waals surface area contributed by atoms with Crippen molar-refractivity contribution in [3.8, 4) is 0 Å². The molecule has 3 aromatic heterocycles. The molecule has 0 aliphatic rings. The number of aromatic nitrogens is 4. The molecule has 0 atom stereocenters. The predicted octanol–water partition coefficient (Wildman–Crippen LogP) is 3.56. The summed E-state index contributed by atoms with van der Waals surface area (Å²) in [6.45, 7) is 1.38. The molecule has 6 nitrogen and oxygen atoms in total. The SMILES string of the molecule is O=C(/C=C/c1c(Cl)nc2ccccn12)NCCCn1cnc2ccccc21. The van der Waals surface area contributed by atoms with Crippen molar-refractivity contribution in [2.45, 2.75) is 13.0 Å². The predicted molar refractivity (Wildman–Crippen MR) is 107 cm³/mol. The van der Waals surface area contributed by atoms with Crippen LogP contribution >= 0.6 is 11.6 Å². The van der Waals surface area contributed by atoms with Gasteiger partial charge in [0.1, 0.15) is 5.65 Å². The lowest BCUT2D eigenvalue weighted by Gasteiger charge is -2.05. The maximum Gasteiger partial charge on any atom is 0.244 e. The fraction of sp³-hybridized carbons (Fsp3) is 0.150. The highest BCUT2D eigenvalue weighted by Crippen LogP contribution is 2.18. The molecule has 0 saturated heterocycles. The fourth-order valence-corrected chi connectivity index (χ4v) is 3.24. The quantitative estimate of drug-likeness (QED) is 0.411. The Morgan fingerprint density at radius 1 is 1.19 bits per heavy atom. The highest BCUT2D eigenvalue weighted by atomic mass is 35.5. The van der Waals surface area contributed by atoms with Crippen LogP contribution in [0, 0.1) is 0 Å². The zero-order valence-electron chi connectivity index (χ0n) is 14.5. The van der Waals surface area contributed by atoms with Crippen LogP contribution in [0.3, 0.4) is 0 Å². The molecule has 0 bridgehead atoms. The minimum atomic E-state index is -0.160. The topological polar surface area (TPSA) is 64.2 Å². The number of amides is 1. The molecule has 3 heterocycles. The highest BCUT2D eigenvalue weighted by molar-refractivity contribution is 6.31. The number of nitrogens with one attached hydrogen (secondary N) is 1. The van der Waals surface area contributed by atoms with Crippen molar-refractivity contribution in [1.82, 2.24) is 24.3 Å². The Hall–Kier alpha value is -3.12. The molecule has 1 aromatic carbocycles. The lowest BCUT2D eigenvalue weighted by Crippen LogP contribution is -2.23. The number of imidazole rings is 2. The minimum Gasteiger partial charge on any atom is -0.352 e. The van der Waals surface area contributed by atoms with Gasteiger partial charge in [0, 0.05) is 25.4 Å². The Labute approximate surface area is 161 Å². The van der Waals surface area contributed by atoms with Crippen LogP contribution in [0.25, 0.3) is 22.8 Å². The van der Waals surface area contributed by atoms with Gasteiger partial charge in [-0.2, -0.15) is 0 Å². The minimum absolute atomic E-state index is 0.160. The largest absolute Gasteiger partial charge is 0.352 e. The van der Waals surface area contributed by atoms with Crippen LogP contribution in [0.4, 0.5) is 0 Å². The molecule has 0 radical (unpaired) electrons. The number of hydrogen-bond donors (Lipinski definition) is 1. The maximum atomic E-state index is 12.1. The lowest BCUT2D eigenvalue weighted by atomic mass is 10.3. The van der Waals surface area contributed by atoms with E-state index in [9.17, 15) is 4.79 Å². The smallest absolute Gasteiger partial charge is 0.244 e. The molecule has 0 unspecified atom stereocenters. The molecule has 0 aliphatic carbocycles. The standard InChI is InChI=1S/C20H18ClN5O/c21-20-17(26-13-4-3-8-18(26)24-20)9-10-19(27)22-11-5-12-25-14-23-15-6-1-2-7-16(15)25/h1-4,6-10,13-14H,5,11-12H2,(H,22,27)/b10-9+. The van der Waals surface area contributed by atoms with Crippen molar-refractivity contribution in [1.29, 1.82) is 0 Å². The monoisotopic (exact) mass is 379 g/mol. The van der Waals surface area contributed by atoms with Crippen LogP contribution in [0.5, 0.6) is 0 Å². The summed E-state index contributed by atoms with van der Waals surface area (Å²) in [5.74, 6) is -0.160. The third-order valence-corrected chi connectivity index (χ3v) is 4.60. The number of pyridine rings is 1. The Morgan fingerprint density at radius 2 is 2.04 bits per heavy atom. The van der Waals surface area contributed by atoms with E-state index < -0.39 is 0 Å². The van der Waals surface area contributed by atoms with Crippen molar-refractivity contribution >= 4 is 40.3 Å². The number of fused-ring (bicyclic) bond motifs is 2. The van der Waals surface area contributed by atoms with Crippen molar-refractivity contribution in [3.63, 3.8) is 0 Å². The van der Waals surface area contributed by atoms with Gasteiger partial charge in [-0.15, -0.1) is 0 Å². The number of carbonyl (C=O) groups is 1. The normalized spacial score (nSPS) is 11.6. The third-order valence-electron chi connectivity index (χ3n) is 4.32. The van der Waals surface area contributed by atoms with E-state index in [0.717, 1.165) is 29.6 Å². The van der Waals surface area contributed by atoms with E-state index in [1.165, 1.54) is 6.08 Å². The van der Waals surface area contributed by atoms with Gasteiger partial charge < -0.3 is 9.88 Å². The van der Waals surface area contributed by atoms with E-state index in [0.29, 0.717) is 17.4 Å². The first-order valence-electron chi connectivity index (χ1n) is 8.71. The summed E-state index contributed by atoms with van der Waals surface area (Å²) in [5.41, 5.74) is 3.52. The Balaban J connectivity index is 1.32. The van der Waals surface area contributed by atoms with Gasteiger partial charge in [0.15, 0.2) is 5.15 Å².